The van der Waals surface area contributed by atoms with Crippen molar-refractivity contribution >= 4 is 15.9 Å². The largest absolute Gasteiger partial charge is 0.300 e. The molecule has 0 aromatic carbocycles. The molecular formula is C13H13BrN2O. The molecule has 0 N–H and O–H groups in total. The van der Waals surface area contributed by atoms with Crippen molar-refractivity contribution in [2.24, 2.45) is 0 Å². The zero-order chi connectivity index (χ0) is 12.4. The van der Waals surface area contributed by atoms with Crippen LogP contribution in [-0.2, 0) is 0 Å². The number of nitrogens with zero attached hydrogens (tertiary/aromatic N) is 2. The zero-order valence-electron chi connectivity index (χ0n) is 9.72. The molecular weight excluding hydrogens is 280 g/mol. The summed E-state index contributed by atoms with van der Waals surface area (Å²) in [6.45, 7) is 3.97. The van der Waals surface area contributed by atoms with E-state index in [1.165, 1.54) is 0 Å². The van der Waals surface area contributed by atoms with Crippen LogP contribution < -0.4 is 5.56 Å². The number of pyridine rings is 2. The van der Waals surface area contributed by atoms with Gasteiger partial charge in [0.05, 0.1) is 4.60 Å². The van der Waals surface area contributed by atoms with Gasteiger partial charge in [0.1, 0.15) is 0 Å². The highest BCUT2D eigenvalue weighted by atomic mass is 79.9. The Hall–Kier alpha value is -1.42. The Labute approximate surface area is 108 Å². The van der Waals surface area contributed by atoms with Crippen LogP contribution in [0, 0.1) is 0 Å². The van der Waals surface area contributed by atoms with Crippen LogP contribution in [0.25, 0.3) is 11.1 Å². The van der Waals surface area contributed by atoms with E-state index in [9.17, 15) is 4.79 Å². The van der Waals surface area contributed by atoms with Gasteiger partial charge in [0.2, 0.25) is 0 Å². The van der Waals surface area contributed by atoms with Gasteiger partial charge < -0.3 is 0 Å². The summed E-state index contributed by atoms with van der Waals surface area (Å²) < 4.78 is 2.52. The third-order valence-electron chi connectivity index (χ3n) is 2.55. The van der Waals surface area contributed by atoms with E-state index in [1.54, 1.807) is 23.0 Å². The van der Waals surface area contributed by atoms with Gasteiger partial charge in [-0.25, -0.2) is 0 Å². The van der Waals surface area contributed by atoms with Crippen LogP contribution in [0.4, 0.5) is 0 Å². The zero-order valence-corrected chi connectivity index (χ0v) is 11.3. The van der Waals surface area contributed by atoms with E-state index in [4.69, 9.17) is 0 Å². The smallest absolute Gasteiger partial charge is 0.251 e. The molecule has 0 unspecified atom stereocenters. The van der Waals surface area contributed by atoms with Gasteiger partial charge in [-0.3, -0.25) is 14.3 Å². The standard InChI is InChI=1S/C13H13BrN2O/c1-9(2)16-12(17)6-5-11(13(16)14)10-4-3-7-15-8-10/h3-9H,1-2H3. The van der Waals surface area contributed by atoms with E-state index < -0.39 is 0 Å². The Bertz CT molecular complexity index is 576. The van der Waals surface area contributed by atoms with Gasteiger partial charge in [-0.1, -0.05) is 6.07 Å². The minimum absolute atomic E-state index is 0.000449. The maximum atomic E-state index is 11.8. The van der Waals surface area contributed by atoms with Crippen molar-refractivity contribution in [2.75, 3.05) is 0 Å². The van der Waals surface area contributed by atoms with Crippen molar-refractivity contribution in [3.05, 3.63) is 51.6 Å². The lowest BCUT2D eigenvalue weighted by atomic mass is 10.1. The minimum Gasteiger partial charge on any atom is -0.300 e. The lowest BCUT2D eigenvalue weighted by Crippen LogP contribution is -2.22. The normalized spacial score (nSPS) is 10.8. The maximum absolute atomic E-state index is 11.8. The van der Waals surface area contributed by atoms with Crippen molar-refractivity contribution < 1.29 is 0 Å². The Morgan fingerprint density at radius 2 is 2.06 bits per heavy atom. The molecule has 0 saturated heterocycles. The van der Waals surface area contributed by atoms with E-state index in [0.717, 1.165) is 15.7 Å². The van der Waals surface area contributed by atoms with Gasteiger partial charge in [0.15, 0.2) is 0 Å². The number of halogens is 1. The van der Waals surface area contributed by atoms with Crippen LogP contribution in [0.5, 0.6) is 0 Å². The van der Waals surface area contributed by atoms with Gasteiger partial charge in [-0.05, 0) is 41.9 Å². The molecule has 0 amide bonds. The summed E-state index contributed by atoms with van der Waals surface area (Å²) in [5, 5.41) is 0. The van der Waals surface area contributed by atoms with Crippen molar-refractivity contribution in [3.63, 3.8) is 0 Å². The summed E-state index contributed by atoms with van der Waals surface area (Å²) in [5.41, 5.74) is 1.97. The molecule has 2 aromatic rings. The van der Waals surface area contributed by atoms with Gasteiger partial charge in [0.25, 0.3) is 5.56 Å². The summed E-state index contributed by atoms with van der Waals surface area (Å²) in [6.07, 6.45) is 3.52. The lowest BCUT2D eigenvalue weighted by Gasteiger charge is -2.15. The van der Waals surface area contributed by atoms with Crippen LogP contribution in [-0.4, -0.2) is 9.55 Å². The Balaban J connectivity index is 2.66. The highest BCUT2D eigenvalue weighted by Crippen LogP contribution is 2.27. The van der Waals surface area contributed by atoms with Gasteiger partial charge >= 0.3 is 0 Å². The first-order chi connectivity index (χ1) is 8.11. The van der Waals surface area contributed by atoms with Crippen LogP contribution in [0.3, 0.4) is 0 Å². The molecule has 88 valence electrons. The van der Waals surface area contributed by atoms with E-state index in [2.05, 4.69) is 20.9 Å². The molecule has 0 bridgehead atoms. The van der Waals surface area contributed by atoms with Crippen molar-refractivity contribution in [1.29, 1.82) is 0 Å². The minimum atomic E-state index is -0.000449. The van der Waals surface area contributed by atoms with Crippen LogP contribution in [0.2, 0.25) is 0 Å². The summed E-state index contributed by atoms with van der Waals surface area (Å²) in [6, 6.07) is 7.39. The fourth-order valence-electron chi connectivity index (χ4n) is 1.75. The molecule has 0 spiro atoms. The Morgan fingerprint density at radius 3 is 2.65 bits per heavy atom. The molecule has 2 heterocycles. The van der Waals surface area contributed by atoms with Crippen molar-refractivity contribution in [2.45, 2.75) is 19.9 Å². The average Bonchev–Trinajstić information content (AvgIpc) is 2.30. The van der Waals surface area contributed by atoms with Gasteiger partial charge in [0, 0.05) is 35.6 Å². The fourth-order valence-corrected chi connectivity index (χ4v) is 2.69. The fraction of sp³-hybridized carbons (Fsp3) is 0.231. The molecule has 17 heavy (non-hydrogen) atoms. The van der Waals surface area contributed by atoms with Crippen LogP contribution in [0.1, 0.15) is 19.9 Å². The highest BCUT2D eigenvalue weighted by Gasteiger charge is 2.11. The summed E-state index contributed by atoms with van der Waals surface area (Å²) >= 11 is 3.50. The predicted octanol–water partition coefficient (Wildman–Crippen LogP) is 3.25. The van der Waals surface area contributed by atoms with Crippen molar-refractivity contribution in [3.8, 4) is 11.1 Å². The molecule has 0 atom stereocenters. The monoisotopic (exact) mass is 292 g/mol. The SMILES string of the molecule is CC(C)n1c(Br)c(-c2cccnc2)ccc1=O. The Morgan fingerprint density at radius 1 is 1.29 bits per heavy atom. The number of hydrogen-bond acceptors (Lipinski definition) is 2. The first-order valence-corrected chi connectivity index (χ1v) is 6.22. The molecule has 3 nitrogen and oxygen atoms in total. The second-order valence-electron chi connectivity index (χ2n) is 4.08. The van der Waals surface area contributed by atoms with E-state index >= 15 is 0 Å². The molecule has 2 aromatic heterocycles. The molecule has 0 radical (unpaired) electrons. The van der Waals surface area contributed by atoms with E-state index in [0.29, 0.717) is 0 Å². The van der Waals surface area contributed by atoms with Gasteiger partial charge in [-0.2, -0.15) is 0 Å². The molecule has 0 aliphatic carbocycles. The van der Waals surface area contributed by atoms with Gasteiger partial charge in [-0.15, -0.1) is 0 Å². The Kier molecular flexibility index (Phi) is 3.43. The third-order valence-corrected chi connectivity index (χ3v) is 3.36. The molecule has 0 aliphatic heterocycles. The van der Waals surface area contributed by atoms with E-state index in [1.807, 2.05) is 32.0 Å². The van der Waals surface area contributed by atoms with Crippen molar-refractivity contribution in [1.82, 2.24) is 9.55 Å². The summed E-state index contributed by atoms with van der Waals surface area (Å²) in [5.74, 6) is 0. The second kappa shape index (κ2) is 4.84. The third kappa shape index (κ3) is 2.31. The molecule has 2 rings (SSSR count). The number of hydrogen-bond donors (Lipinski definition) is 0. The quantitative estimate of drug-likeness (QED) is 0.797. The summed E-state index contributed by atoms with van der Waals surface area (Å²) in [7, 11) is 0. The maximum Gasteiger partial charge on any atom is 0.251 e. The molecule has 4 heteroatoms. The molecule has 0 fully saturated rings. The first-order valence-electron chi connectivity index (χ1n) is 5.42. The lowest BCUT2D eigenvalue weighted by molar-refractivity contribution is 0.567. The number of aromatic nitrogens is 2. The van der Waals surface area contributed by atoms with Crippen LogP contribution in [0.15, 0.2) is 46.1 Å². The second-order valence-corrected chi connectivity index (χ2v) is 4.83. The number of rotatable bonds is 2. The average molecular weight is 293 g/mol. The topological polar surface area (TPSA) is 34.9 Å². The summed E-state index contributed by atoms with van der Waals surface area (Å²) in [4.78, 5) is 15.9. The first kappa shape index (κ1) is 12.0. The predicted molar refractivity (Wildman–Crippen MR) is 72.0 cm³/mol. The molecule has 0 aliphatic rings. The molecule has 0 saturated carbocycles. The van der Waals surface area contributed by atoms with E-state index in [-0.39, 0.29) is 11.6 Å². The van der Waals surface area contributed by atoms with Crippen LogP contribution >= 0.6 is 15.9 Å². The highest BCUT2D eigenvalue weighted by molar-refractivity contribution is 9.10.